The third kappa shape index (κ3) is 8.28. The highest BCUT2D eigenvalue weighted by atomic mass is 32.1. The maximum Gasteiger partial charge on any atom is 0.175 e. The Hall–Kier alpha value is -1.56. The number of aryl methyl sites for hydroxylation is 4. The van der Waals surface area contributed by atoms with E-state index in [0.717, 1.165) is 42.5 Å². The zero-order chi connectivity index (χ0) is 24.2. The summed E-state index contributed by atoms with van der Waals surface area (Å²) < 4.78 is 46.3. The van der Waals surface area contributed by atoms with Crippen LogP contribution in [0.15, 0.2) is 0 Å². The topological polar surface area (TPSA) is 73.8 Å². The largest absolute Gasteiger partial charge is 0.486 e. The van der Waals surface area contributed by atoms with E-state index in [-0.39, 0.29) is 0 Å². The fraction of sp³-hybridized carbons (Fsp3) is 0.667. The third-order valence-corrected chi connectivity index (χ3v) is 6.91. The molecular weight excluding hydrogens is 480 g/mol. The monoisotopic (exact) mass is 516 g/mol. The maximum atomic E-state index is 5.95. The second-order valence-electron chi connectivity index (χ2n) is 7.59. The van der Waals surface area contributed by atoms with Crippen molar-refractivity contribution in [2.75, 3.05) is 79.3 Å². The molecule has 10 heteroatoms. The lowest BCUT2D eigenvalue weighted by Crippen LogP contribution is -2.15. The Labute approximate surface area is 210 Å². The highest BCUT2D eigenvalue weighted by Crippen LogP contribution is 2.42. The van der Waals surface area contributed by atoms with Gasteiger partial charge in [-0.2, -0.15) is 0 Å². The molecule has 192 valence electrons. The minimum atomic E-state index is 0.448. The van der Waals surface area contributed by atoms with Crippen LogP contribution in [0.3, 0.4) is 0 Å². The molecule has 8 nitrogen and oxygen atoms in total. The van der Waals surface area contributed by atoms with Gasteiger partial charge < -0.3 is 37.9 Å². The van der Waals surface area contributed by atoms with Gasteiger partial charge in [-0.05, 0) is 27.7 Å². The van der Waals surface area contributed by atoms with Gasteiger partial charge in [-0.25, -0.2) is 0 Å². The minimum Gasteiger partial charge on any atom is -0.486 e. The molecule has 1 aliphatic rings. The summed E-state index contributed by atoms with van der Waals surface area (Å²) in [5, 5.41) is 0. The first-order valence-corrected chi connectivity index (χ1v) is 13.2. The van der Waals surface area contributed by atoms with Crippen LogP contribution >= 0.6 is 22.7 Å². The first-order chi connectivity index (χ1) is 16.6. The third-order valence-electron chi connectivity index (χ3n) is 4.94. The van der Waals surface area contributed by atoms with Crippen molar-refractivity contribution >= 4 is 22.7 Å². The van der Waals surface area contributed by atoms with Crippen molar-refractivity contribution in [2.24, 2.45) is 0 Å². The van der Waals surface area contributed by atoms with Crippen molar-refractivity contribution in [1.29, 1.82) is 0 Å². The molecule has 0 N–H and O–H groups in total. The van der Waals surface area contributed by atoms with Crippen LogP contribution in [0.4, 0.5) is 0 Å². The molecule has 1 aliphatic heterocycles. The van der Waals surface area contributed by atoms with Gasteiger partial charge in [0.2, 0.25) is 0 Å². The van der Waals surface area contributed by atoms with E-state index < -0.39 is 0 Å². The molecule has 3 rings (SSSR count). The average Bonchev–Trinajstić information content (AvgIpc) is 3.23. The molecule has 0 aromatic carbocycles. The molecule has 0 amide bonds. The van der Waals surface area contributed by atoms with Gasteiger partial charge >= 0.3 is 0 Å². The summed E-state index contributed by atoms with van der Waals surface area (Å²) in [6, 6.07) is 0. The van der Waals surface area contributed by atoms with Gasteiger partial charge in [0.1, 0.15) is 26.4 Å². The lowest BCUT2D eigenvalue weighted by Gasteiger charge is -2.13. The molecular formula is C24H36O8S2. The summed E-state index contributed by atoms with van der Waals surface area (Å²) in [4.78, 5) is 4.36. The molecule has 0 bridgehead atoms. The highest BCUT2D eigenvalue weighted by Gasteiger charge is 2.17. The molecule has 0 radical (unpaired) electrons. The van der Waals surface area contributed by atoms with Crippen LogP contribution in [0, 0.1) is 27.7 Å². The molecule has 2 aromatic heterocycles. The maximum absolute atomic E-state index is 5.95. The molecule has 0 saturated carbocycles. The second kappa shape index (κ2) is 14.8. The summed E-state index contributed by atoms with van der Waals surface area (Å²) >= 11 is 3.33. The standard InChI is InChI=1S/C24H36O8S2/c1-17-21-22(18(2)33-17)30-14-10-26-7-8-28-12-16-32-24-20(4)34-19(3)23(24)31-15-11-27-6-5-25-9-13-29-21/h5-16H2,1-4H3. The van der Waals surface area contributed by atoms with Gasteiger partial charge in [0.05, 0.1) is 52.9 Å². The Morgan fingerprint density at radius 3 is 0.794 bits per heavy atom. The number of rotatable bonds is 0. The molecule has 0 atom stereocenters. The van der Waals surface area contributed by atoms with Gasteiger partial charge in [-0.1, -0.05) is 0 Å². The minimum absolute atomic E-state index is 0.448. The number of hydrogen-bond donors (Lipinski definition) is 0. The number of hydrogen-bond acceptors (Lipinski definition) is 10. The summed E-state index contributed by atoms with van der Waals surface area (Å²) in [5.74, 6) is 3.15. The van der Waals surface area contributed by atoms with E-state index in [1.54, 1.807) is 22.7 Å². The Bertz CT molecular complexity index is 729. The van der Waals surface area contributed by atoms with Crippen LogP contribution in [0.5, 0.6) is 23.0 Å². The molecule has 0 spiro atoms. The lowest BCUT2D eigenvalue weighted by molar-refractivity contribution is 0.0223. The van der Waals surface area contributed by atoms with E-state index in [1.165, 1.54) is 0 Å². The smallest absolute Gasteiger partial charge is 0.175 e. The van der Waals surface area contributed by atoms with E-state index >= 15 is 0 Å². The Kier molecular flexibility index (Phi) is 11.7. The summed E-state index contributed by atoms with van der Waals surface area (Å²) in [6.45, 7) is 13.8. The zero-order valence-electron chi connectivity index (χ0n) is 20.6. The SMILES string of the molecule is Cc1sc(C)c2c1OCCOCCOCCOc1c(C)sc(C)c1OCCOCCOCCO2. The quantitative estimate of drug-likeness (QED) is 0.512. The molecule has 34 heavy (non-hydrogen) atoms. The zero-order valence-corrected chi connectivity index (χ0v) is 22.2. The fourth-order valence-electron chi connectivity index (χ4n) is 3.41. The van der Waals surface area contributed by atoms with E-state index in [9.17, 15) is 0 Å². The lowest BCUT2D eigenvalue weighted by atomic mass is 10.3. The van der Waals surface area contributed by atoms with Gasteiger partial charge in [-0.15, -0.1) is 22.7 Å². The van der Waals surface area contributed by atoms with Crippen LogP contribution in [-0.4, -0.2) is 79.3 Å². The van der Waals surface area contributed by atoms with Crippen molar-refractivity contribution in [3.8, 4) is 23.0 Å². The van der Waals surface area contributed by atoms with E-state index in [4.69, 9.17) is 37.9 Å². The molecule has 0 unspecified atom stereocenters. The van der Waals surface area contributed by atoms with E-state index in [0.29, 0.717) is 79.3 Å². The Balaban J connectivity index is 1.50. The van der Waals surface area contributed by atoms with Crippen molar-refractivity contribution in [2.45, 2.75) is 27.7 Å². The van der Waals surface area contributed by atoms with Gasteiger partial charge in [-0.3, -0.25) is 0 Å². The number of fused-ring (bicyclic) bond motifs is 2. The van der Waals surface area contributed by atoms with Crippen LogP contribution in [-0.2, 0) is 18.9 Å². The summed E-state index contributed by atoms with van der Waals surface area (Å²) in [7, 11) is 0. The summed E-state index contributed by atoms with van der Waals surface area (Å²) in [5.41, 5.74) is 0. The highest BCUT2D eigenvalue weighted by molar-refractivity contribution is 7.12. The van der Waals surface area contributed by atoms with Crippen LogP contribution in [0.2, 0.25) is 0 Å². The van der Waals surface area contributed by atoms with Crippen LogP contribution < -0.4 is 18.9 Å². The normalized spacial score (nSPS) is 18.2. The van der Waals surface area contributed by atoms with E-state index in [2.05, 4.69) is 0 Å². The molecule has 0 aliphatic carbocycles. The first-order valence-electron chi connectivity index (χ1n) is 11.6. The molecule has 3 heterocycles. The van der Waals surface area contributed by atoms with Gasteiger partial charge in [0, 0.05) is 19.5 Å². The summed E-state index contributed by atoms with van der Waals surface area (Å²) in [6.07, 6.45) is 0. The van der Waals surface area contributed by atoms with Crippen LogP contribution in [0.1, 0.15) is 19.5 Å². The van der Waals surface area contributed by atoms with Crippen molar-refractivity contribution in [3.63, 3.8) is 0 Å². The molecule has 2 aromatic rings. The predicted molar refractivity (Wildman–Crippen MR) is 133 cm³/mol. The molecule has 0 fully saturated rings. The fourth-order valence-corrected chi connectivity index (χ4v) is 5.30. The molecule has 0 saturated heterocycles. The number of ether oxygens (including phenoxy) is 8. The second-order valence-corrected chi connectivity index (χ2v) is 10.4. The van der Waals surface area contributed by atoms with Gasteiger partial charge in [0.25, 0.3) is 0 Å². The average molecular weight is 517 g/mol. The van der Waals surface area contributed by atoms with Gasteiger partial charge in [0.15, 0.2) is 23.0 Å². The Morgan fingerprint density at radius 1 is 0.353 bits per heavy atom. The first kappa shape index (κ1) is 27.0. The Morgan fingerprint density at radius 2 is 0.559 bits per heavy atom. The van der Waals surface area contributed by atoms with Crippen LogP contribution in [0.25, 0.3) is 0 Å². The van der Waals surface area contributed by atoms with Crippen molar-refractivity contribution in [3.05, 3.63) is 19.5 Å². The predicted octanol–water partition coefficient (Wildman–Crippen LogP) is 4.34. The van der Waals surface area contributed by atoms with Crippen molar-refractivity contribution in [1.82, 2.24) is 0 Å². The van der Waals surface area contributed by atoms with Crippen molar-refractivity contribution < 1.29 is 37.9 Å². The van der Waals surface area contributed by atoms with E-state index in [1.807, 2.05) is 27.7 Å². The number of thiophene rings is 2.